The Bertz CT molecular complexity index is 522. The van der Waals surface area contributed by atoms with E-state index >= 15 is 0 Å². The van der Waals surface area contributed by atoms with Gasteiger partial charge >= 0.3 is 7.12 Å². The molecule has 1 fully saturated rings. The molecule has 1 N–H and O–H groups in total. The summed E-state index contributed by atoms with van der Waals surface area (Å²) in [6.45, 7) is 7.63. The van der Waals surface area contributed by atoms with Crippen LogP contribution in [0.5, 0.6) is 0 Å². The lowest BCUT2D eigenvalue weighted by atomic mass is 9.78. The van der Waals surface area contributed by atoms with Crippen LogP contribution < -0.4 is 0 Å². The maximum Gasteiger partial charge on any atom is 0.493 e. The number of aldehydes is 1. The zero-order valence-corrected chi connectivity index (χ0v) is 12.9. The normalized spacial score (nSPS) is 21.2. The van der Waals surface area contributed by atoms with E-state index in [9.17, 15) is 9.90 Å². The van der Waals surface area contributed by atoms with Gasteiger partial charge in [-0.1, -0.05) is 0 Å². The molecule has 2 heterocycles. The second-order valence-electron chi connectivity index (χ2n) is 5.69. The van der Waals surface area contributed by atoms with E-state index in [4.69, 9.17) is 9.31 Å². The van der Waals surface area contributed by atoms with Crippen molar-refractivity contribution in [1.29, 1.82) is 0 Å². The molecular formula is C13H18BNO4S. The summed E-state index contributed by atoms with van der Waals surface area (Å²) in [5, 5.41) is 11.8. The van der Waals surface area contributed by atoms with Gasteiger partial charge in [-0.15, -0.1) is 11.3 Å². The molecule has 1 saturated heterocycles. The Morgan fingerprint density at radius 1 is 1.40 bits per heavy atom. The molecule has 0 aromatic carbocycles. The van der Waals surface area contributed by atoms with Crippen molar-refractivity contribution in [2.24, 2.45) is 0 Å². The summed E-state index contributed by atoms with van der Waals surface area (Å²) in [4.78, 5) is 14.7. The van der Waals surface area contributed by atoms with Crippen LogP contribution in [-0.2, 0) is 9.31 Å². The van der Waals surface area contributed by atoms with E-state index < -0.39 is 18.3 Å². The minimum atomic E-state index is -0.603. The third-order valence-electron chi connectivity index (χ3n) is 3.71. The van der Waals surface area contributed by atoms with Crippen molar-refractivity contribution >= 4 is 30.8 Å². The molecule has 0 aliphatic carbocycles. The number of hydrogen-bond acceptors (Lipinski definition) is 6. The molecule has 0 unspecified atom stereocenters. The Labute approximate surface area is 122 Å². The first kappa shape index (κ1) is 15.4. The first-order valence-corrected chi connectivity index (χ1v) is 7.25. The van der Waals surface area contributed by atoms with Crippen molar-refractivity contribution in [2.75, 3.05) is 6.61 Å². The van der Waals surface area contributed by atoms with Crippen LogP contribution >= 0.6 is 11.3 Å². The number of thiazole rings is 1. The van der Waals surface area contributed by atoms with Gasteiger partial charge in [0.2, 0.25) is 0 Å². The fraction of sp³-hybridized carbons (Fsp3) is 0.538. The highest BCUT2D eigenvalue weighted by molar-refractivity contribution is 7.10. The quantitative estimate of drug-likeness (QED) is 0.679. The van der Waals surface area contributed by atoms with Gasteiger partial charge in [0.05, 0.1) is 17.8 Å². The Balaban J connectivity index is 2.23. The summed E-state index contributed by atoms with van der Waals surface area (Å²) in [6, 6.07) is 0. The third kappa shape index (κ3) is 2.86. The maximum absolute atomic E-state index is 10.6. The second kappa shape index (κ2) is 5.40. The lowest BCUT2D eigenvalue weighted by Crippen LogP contribution is -2.41. The Hall–Kier alpha value is -1.02. The summed E-state index contributed by atoms with van der Waals surface area (Å²) in [7, 11) is -0.603. The minimum absolute atomic E-state index is 0.188. The molecule has 0 amide bonds. The lowest BCUT2D eigenvalue weighted by Gasteiger charge is -2.32. The maximum atomic E-state index is 10.6. The van der Waals surface area contributed by atoms with E-state index in [1.165, 1.54) is 11.3 Å². The van der Waals surface area contributed by atoms with Crippen LogP contribution in [-0.4, -0.2) is 41.3 Å². The van der Waals surface area contributed by atoms with Crippen molar-refractivity contribution in [3.8, 4) is 0 Å². The average Bonchev–Trinajstić information content (AvgIpc) is 2.89. The van der Waals surface area contributed by atoms with E-state index in [2.05, 4.69) is 4.98 Å². The van der Waals surface area contributed by atoms with Gasteiger partial charge in [-0.2, -0.15) is 0 Å². The van der Waals surface area contributed by atoms with E-state index in [0.717, 1.165) is 0 Å². The van der Waals surface area contributed by atoms with Gasteiger partial charge in [0.15, 0.2) is 6.29 Å². The van der Waals surface area contributed by atoms with Crippen LogP contribution in [0.1, 0.15) is 43.2 Å². The molecular weight excluding hydrogens is 277 g/mol. The van der Waals surface area contributed by atoms with Crippen molar-refractivity contribution < 1.29 is 19.2 Å². The number of carbonyl (C=O) groups excluding carboxylic acids is 1. The molecule has 0 saturated carbocycles. The van der Waals surface area contributed by atoms with E-state index in [-0.39, 0.29) is 6.61 Å². The summed E-state index contributed by atoms with van der Waals surface area (Å²) in [6.07, 6.45) is 2.40. The number of nitrogens with zero attached hydrogens (tertiary/aromatic N) is 1. The van der Waals surface area contributed by atoms with Gasteiger partial charge < -0.3 is 14.4 Å². The topological polar surface area (TPSA) is 68.7 Å². The van der Waals surface area contributed by atoms with E-state index in [0.29, 0.717) is 22.5 Å². The molecule has 0 atom stereocenters. The molecule has 5 nitrogen and oxygen atoms in total. The summed E-state index contributed by atoms with van der Waals surface area (Å²) in [5.41, 5.74) is 0.0637. The molecule has 1 aromatic heterocycles. The fourth-order valence-corrected chi connectivity index (χ4v) is 2.49. The number of rotatable bonds is 4. The standard InChI is InChI=1S/C13H18BNO4S/c1-12(2)13(3,4)19-14(18-12)9(6-16)5-11-15-10(7-17)8-20-11/h5,7-8,16H,6H2,1-4H3. The summed E-state index contributed by atoms with van der Waals surface area (Å²) in [5.74, 6) is 0. The van der Waals surface area contributed by atoms with Crippen molar-refractivity contribution in [1.82, 2.24) is 4.98 Å². The lowest BCUT2D eigenvalue weighted by molar-refractivity contribution is 0.00578. The van der Waals surface area contributed by atoms with Crippen LogP contribution in [0.15, 0.2) is 10.9 Å². The van der Waals surface area contributed by atoms with Crippen LogP contribution in [0.2, 0.25) is 0 Å². The molecule has 1 aliphatic rings. The first-order valence-electron chi connectivity index (χ1n) is 6.37. The second-order valence-corrected chi connectivity index (χ2v) is 6.58. The van der Waals surface area contributed by atoms with Crippen LogP contribution in [0, 0.1) is 0 Å². The smallest absolute Gasteiger partial charge is 0.400 e. The Morgan fingerprint density at radius 3 is 2.45 bits per heavy atom. The highest BCUT2D eigenvalue weighted by Gasteiger charge is 2.52. The predicted molar refractivity (Wildman–Crippen MR) is 78.6 cm³/mol. The van der Waals surface area contributed by atoms with Crippen molar-refractivity contribution in [2.45, 2.75) is 38.9 Å². The van der Waals surface area contributed by atoms with Crippen molar-refractivity contribution in [3.63, 3.8) is 0 Å². The van der Waals surface area contributed by atoms with E-state index in [1.54, 1.807) is 11.5 Å². The number of aromatic nitrogens is 1. The largest absolute Gasteiger partial charge is 0.493 e. The monoisotopic (exact) mass is 295 g/mol. The third-order valence-corrected chi connectivity index (χ3v) is 4.52. The number of hydrogen-bond donors (Lipinski definition) is 1. The zero-order valence-electron chi connectivity index (χ0n) is 12.0. The van der Waals surface area contributed by atoms with Gasteiger partial charge in [0.25, 0.3) is 0 Å². The Kier molecular flexibility index (Phi) is 4.15. The number of aliphatic hydroxyl groups is 1. The molecule has 0 spiro atoms. The first-order chi connectivity index (χ1) is 9.29. The molecule has 0 bridgehead atoms. The highest BCUT2D eigenvalue weighted by atomic mass is 32.1. The summed E-state index contributed by atoms with van der Waals surface area (Å²) >= 11 is 1.34. The fourth-order valence-electron chi connectivity index (χ4n) is 1.76. The number of carbonyl (C=O) groups is 1. The van der Waals surface area contributed by atoms with Gasteiger partial charge in [0.1, 0.15) is 10.7 Å². The van der Waals surface area contributed by atoms with Gasteiger partial charge in [-0.25, -0.2) is 4.98 Å². The minimum Gasteiger partial charge on any atom is -0.400 e. The molecule has 7 heteroatoms. The Morgan fingerprint density at radius 2 is 2.00 bits per heavy atom. The number of aliphatic hydroxyl groups excluding tert-OH is 1. The highest BCUT2D eigenvalue weighted by Crippen LogP contribution is 2.38. The van der Waals surface area contributed by atoms with Crippen molar-refractivity contribution in [3.05, 3.63) is 21.6 Å². The molecule has 0 radical (unpaired) electrons. The predicted octanol–water partition coefficient (Wildman–Crippen LogP) is 1.96. The van der Waals surface area contributed by atoms with Crippen LogP contribution in [0.25, 0.3) is 6.08 Å². The zero-order chi connectivity index (χ0) is 15.0. The van der Waals surface area contributed by atoms with Gasteiger partial charge in [0, 0.05) is 5.38 Å². The van der Waals surface area contributed by atoms with Gasteiger partial charge in [-0.05, 0) is 39.2 Å². The average molecular weight is 295 g/mol. The molecule has 1 aliphatic heterocycles. The molecule has 2 rings (SSSR count). The SMILES string of the molecule is CC1(C)OB(C(=Cc2nc(C=O)cs2)CO)OC1(C)C. The van der Waals surface area contributed by atoms with E-state index in [1.807, 2.05) is 27.7 Å². The van der Waals surface area contributed by atoms with Crippen LogP contribution in [0.4, 0.5) is 0 Å². The van der Waals surface area contributed by atoms with Gasteiger partial charge in [-0.3, -0.25) is 4.79 Å². The molecule has 20 heavy (non-hydrogen) atoms. The van der Waals surface area contributed by atoms with Crippen LogP contribution in [0.3, 0.4) is 0 Å². The molecule has 1 aromatic rings. The molecule has 108 valence electrons. The summed E-state index contributed by atoms with van der Waals surface area (Å²) < 4.78 is 11.8.